The van der Waals surface area contributed by atoms with Crippen LogP contribution in [0.5, 0.6) is 5.75 Å². The van der Waals surface area contributed by atoms with Gasteiger partial charge >= 0.3 is 0 Å². The summed E-state index contributed by atoms with van der Waals surface area (Å²) in [5, 5.41) is 3.58. The van der Waals surface area contributed by atoms with Crippen molar-refractivity contribution in [3.05, 3.63) is 29.3 Å². The van der Waals surface area contributed by atoms with Crippen LogP contribution in [0.2, 0.25) is 5.02 Å². The Morgan fingerprint density at radius 2 is 2.18 bits per heavy atom. The first kappa shape index (κ1) is 17.1. The van der Waals surface area contributed by atoms with Crippen LogP contribution < -0.4 is 10.1 Å². The minimum atomic E-state index is -0.467. The van der Waals surface area contributed by atoms with E-state index in [2.05, 4.69) is 10.2 Å². The zero-order chi connectivity index (χ0) is 15.8. The van der Waals surface area contributed by atoms with Crippen molar-refractivity contribution in [2.24, 2.45) is 0 Å². The van der Waals surface area contributed by atoms with Gasteiger partial charge in [0, 0.05) is 11.6 Å². The normalized spacial score (nSPS) is 16.5. The van der Waals surface area contributed by atoms with Crippen molar-refractivity contribution < 1.29 is 9.53 Å². The van der Waals surface area contributed by atoms with Gasteiger partial charge in [0.05, 0.1) is 0 Å². The first-order chi connectivity index (χ1) is 10.7. The minimum absolute atomic E-state index is 0.0519. The molecule has 1 aromatic rings. The van der Waals surface area contributed by atoms with Gasteiger partial charge < -0.3 is 15.0 Å². The summed E-state index contributed by atoms with van der Waals surface area (Å²) in [5.41, 5.74) is 0. The van der Waals surface area contributed by atoms with Crippen LogP contribution >= 0.6 is 11.6 Å². The van der Waals surface area contributed by atoms with E-state index in [9.17, 15) is 4.79 Å². The third-order valence-electron chi connectivity index (χ3n) is 3.89. The van der Waals surface area contributed by atoms with Crippen molar-refractivity contribution in [3.8, 4) is 5.75 Å². The average Bonchev–Trinajstić information content (AvgIpc) is 3.02. The highest BCUT2D eigenvalue weighted by Crippen LogP contribution is 2.19. The van der Waals surface area contributed by atoms with E-state index in [0.29, 0.717) is 23.7 Å². The summed E-state index contributed by atoms with van der Waals surface area (Å²) in [6.07, 6.45) is 3.75. The molecule has 22 heavy (non-hydrogen) atoms. The molecule has 0 spiro atoms. The highest BCUT2D eigenvalue weighted by molar-refractivity contribution is 6.30. The third kappa shape index (κ3) is 5.50. The minimum Gasteiger partial charge on any atom is -0.481 e. The zero-order valence-electron chi connectivity index (χ0n) is 13.2. The summed E-state index contributed by atoms with van der Waals surface area (Å²) < 4.78 is 5.73. The Morgan fingerprint density at radius 3 is 2.86 bits per heavy atom. The Labute approximate surface area is 137 Å². The number of amides is 1. The lowest BCUT2D eigenvalue weighted by atomic mass is 10.2. The Hall–Kier alpha value is -1.26. The Kier molecular flexibility index (Phi) is 7.00. The van der Waals surface area contributed by atoms with Crippen molar-refractivity contribution in [1.82, 2.24) is 10.2 Å². The molecule has 1 N–H and O–H groups in total. The summed E-state index contributed by atoms with van der Waals surface area (Å²) in [6.45, 7) is 6.10. The van der Waals surface area contributed by atoms with Crippen molar-refractivity contribution in [3.63, 3.8) is 0 Å². The van der Waals surface area contributed by atoms with E-state index >= 15 is 0 Å². The maximum atomic E-state index is 12.2. The zero-order valence-corrected chi connectivity index (χ0v) is 13.9. The quantitative estimate of drug-likeness (QED) is 0.747. The maximum Gasteiger partial charge on any atom is 0.261 e. The van der Waals surface area contributed by atoms with Crippen LogP contribution in [0.15, 0.2) is 24.3 Å². The molecule has 5 heteroatoms. The molecule has 1 amide bonds. The summed E-state index contributed by atoms with van der Waals surface area (Å²) in [6, 6.07) is 7.15. The van der Waals surface area contributed by atoms with Gasteiger partial charge in [-0.2, -0.15) is 0 Å². The number of halogens is 1. The number of nitrogens with one attached hydrogen (secondary N) is 1. The van der Waals surface area contributed by atoms with Gasteiger partial charge in [-0.25, -0.2) is 0 Å². The Balaban J connectivity index is 1.71. The molecule has 122 valence electrons. The molecule has 1 heterocycles. The lowest BCUT2D eigenvalue weighted by Gasteiger charge is -2.18. The summed E-state index contributed by atoms with van der Waals surface area (Å²) in [4.78, 5) is 14.6. The van der Waals surface area contributed by atoms with Crippen LogP contribution in [0.4, 0.5) is 0 Å². The molecular weight excluding hydrogens is 300 g/mol. The highest BCUT2D eigenvalue weighted by atomic mass is 35.5. The van der Waals surface area contributed by atoms with Crippen LogP contribution in [-0.2, 0) is 4.79 Å². The van der Waals surface area contributed by atoms with E-state index in [1.165, 1.54) is 25.9 Å². The fraction of sp³-hybridized carbons (Fsp3) is 0.588. The first-order valence-electron chi connectivity index (χ1n) is 8.11. The van der Waals surface area contributed by atoms with Gasteiger partial charge in [-0.3, -0.25) is 4.79 Å². The Morgan fingerprint density at radius 1 is 1.41 bits per heavy atom. The van der Waals surface area contributed by atoms with Crippen LogP contribution in [0, 0.1) is 0 Å². The molecular formula is C17H25ClN2O2. The number of carbonyl (C=O) groups excluding carboxylic acids is 1. The molecule has 4 nitrogen and oxygen atoms in total. The fourth-order valence-corrected chi connectivity index (χ4v) is 2.84. The topological polar surface area (TPSA) is 41.6 Å². The SMILES string of the molecule is CCC(Oc1cccc(Cl)c1)C(=O)NCCCN1CCCC1. The number of rotatable bonds is 8. The van der Waals surface area contributed by atoms with Gasteiger partial charge in [-0.05, 0) is 63.5 Å². The maximum absolute atomic E-state index is 12.2. The molecule has 0 saturated carbocycles. The molecule has 1 aromatic carbocycles. The number of hydrogen-bond donors (Lipinski definition) is 1. The van der Waals surface area contributed by atoms with Crippen molar-refractivity contribution >= 4 is 17.5 Å². The third-order valence-corrected chi connectivity index (χ3v) is 4.12. The number of hydrogen-bond acceptors (Lipinski definition) is 3. The average molecular weight is 325 g/mol. The van der Waals surface area contributed by atoms with E-state index in [1.54, 1.807) is 12.1 Å². The predicted octanol–water partition coefficient (Wildman–Crippen LogP) is 3.10. The highest BCUT2D eigenvalue weighted by Gasteiger charge is 2.18. The number of carbonyl (C=O) groups is 1. The fourth-order valence-electron chi connectivity index (χ4n) is 2.66. The monoisotopic (exact) mass is 324 g/mol. The van der Waals surface area contributed by atoms with Gasteiger partial charge in [0.25, 0.3) is 5.91 Å². The number of ether oxygens (including phenoxy) is 1. The van der Waals surface area contributed by atoms with E-state index < -0.39 is 6.10 Å². The smallest absolute Gasteiger partial charge is 0.261 e. The molecule has 0 aliphatic carbocycles. The van der Waals surface area contributed by atoms with Gasteiger partial charge in [0.15, 0.2) is 6.10 Å². The standard InChI is InChI=1S/C17H25ClN2O2/c1-2-16(22-15-8-5-7-14(18)13-15)17(21)19-9-6-12-20-10-3-4-11-20/h5,7-8,13,16H,2-4,6,9-12H2,1H3,(H,19,21). The van der Waals surface area contributed by atoms with Gasteiger partial charge in [0.2, 0.25) is 0 Å². The lowest BCUT2D eigenvalue weighted by Crippen LogP contribution is -2.39. The summed E-state index contributed by atoms with van der Waals surface area (Å²) in [7, 11) is 0. The molecule has 1 atom stereocenters. The predicted molar refractivity (Wildman–Crippen MR) is 89.5 cm³/mol. The van der Waals surface area contributed by atoms with Gasteiger partial charge in [-0.15, -0.1) is 0 Å². The van der Waals surface area contributed by atoms with E-state index in [1.807, 2.05) is 19.1 Å². The second kappa shape index (κ2) is 9.01. The largest absolute Gasteiger partial charge is 0.481 e. The van der Waals surface area contributed by atoms with Gasteiger partial charge in [-0.1, -0.05) is 24.6 Å². The summed E-state index contributed by atoms with van der Waals surface area (Å²) >= 11 is 5.93. The second-order valence-corrected chi connectivity index (χ2v) is 6.10. The van der Waals surface area contributed by atoms with Crippen molar-refractivity contribution in [1.29, 1.82) is 0 Å². The molecule has 2 rings (SSSR count). The Bertz CT molecular complexity index is 475. The van der Waals surface area contributed by atoms with Crippen molar-refractivity contribution in [2.75, 3.05) is 26.2 Å². The van der Waals surface area contributed by atoms with E-state index in [0.717, 1.165) is 13.0 Å². The molecule has 1 unspecified atom stereocenters. The molecule has 0 radical (unpaired) electrons. The van der Waals surface area contributed by atoms with Crippen LogP contribution in [0.1, 0.15) is 32.6 Å². The van der Waals surface area contributed by atoms with E-state index in [-0.39, 0.29) is 5.91 Å². The number of benzene rings is 1. The van der Waals surface area contributed by atoms with Gasteiger partial charge in [0.1, 0.15) is 5.75 Å². The molecule has 1 fully saturated rings. The van der Waals surface area contributed by atoms with Crippen LogP contribution in [0.3, 0.4) is 0 Å². The number of nitrogens with zero attached hydrogens (tertiary/aromatic N) is 1. The van der Waals surface area contributed by atoms with Crippen molar-refractivity contribution in [2.45, 2.75) is 38.7 Å². The molecule has 1 aliphatic heterocycles. The number of likely N-dealkylation sites (tertiary alicyclic amines) is 1. The first-order valence-corrected chi connectivity index (χ1v) is 8.49. The van der Waals surface area contributed by atoms with Crippen LogP contribution in [0.25, 0.3) is 0 Å². The second-order valence-electron chi connectivity index (χ2n) is 5.67. The molecule has 0 bridgehead atoms. The molecule has 0 aromatic heterocycles. The molecule has 1 aliphatic rings. The van der Waals surface area contributed by atoms with Crippen LogP contribution in [-0.4, -0.2) is 43.1 Å². The van der Waals surface area contributed by atoms with E-state index in [4.69, 9.17) is 16.3 Å². The molecule has 1 saturated heterocycles. The summed E-state index contributed by atoms with van der Waals surface area (Å²) in [5.74, 6) is 0.579. The lowest BCUT2D eigenvalue weighted by molar-refractivity contribution is -0.128.